The molecular weight excluding hydrogens is 228 g/mol. The topological polar surface area (TPSA) is 60.7 Å². The molecule has 0 bridgehead atoms. The van der Waals surface area contributed by atoms with E-state index in [9.17, 15) is 15.3 Å². The molecule has 5 atom stereocenters. The van der Waals surface area contributed by atoms with Gasteiger partial charge >= 0.3 is 0 Å². The maximum absolute atomic E-state index is 10.9. The third-order valence-corrected chi connectivity index (χ3v) is 5.35. The Hall–Kier alpha value is -0.380. The number of hydrogen-bond acceptors (Lipinski definition) is 3. The number of fused-ring (bicyclic) bond motifs is 1. The van der Waals surface area contributed by atoms with Gasteiger partial charge in [0.2, 0.25) is 0 Å². The number of rotatable bonds is 1. The van der Waals surface area contributed by atoms with Crippen LogP contribution in [0.1, 0.15) is 47.0 Å². The van der Waals surface area contributed by atoms with Crippen molar-refractivity contribution in [2.45, 2.75) is 64.8 Å². The van der Waals surface area contributed by atoms with Crippen molar-refractivity contribution in [3.63, 3.8) is 0 Å². The average Bonchev–Trinajstić information content (AvgIpc) is 2.48. The van der Waals surface area contributed by atoms with Gasteiger partial charge in [0.25, 0.3) is 0 Å². The average molecular weight is 254 g/mol. The SMILES string of the molecule is CC1=CC(O)C2(C)CCC(O)(C(C)C)C2C(O)C1. The number of hydrogen-bond donors (Lipinski definition) is 3. The van der Waals surface area contributed by atoms with E-state index in [-0.39, 0.29) is 11.8 Å². The van der Waals surface area contributed by atoms with Crippen molar-refractivity contribution in [1.82, 2.24) is 0 Å². The maximum atomic E-state index is 10.9. The first-order valence-electron chi connectivity index (χ1n) is 6.97. The van der Waals surface area contributed by atoms with Crippen LogP contribution in [0.15, 0.2) is 11.6 Å². The molecule has 0 aromatic rings. The molecule has 2 aliphatic rings. The van der Waals surface area contributed by atoms with E-state index in [1.165, 1.54) is 0 Å². The van der Waals surface area contributed by atoms with E-state index in [4.69, 9.17) is 0 Å². The minimum absolute atomic E-state index is 0.0876. The molecule has 0 amide bonds. The number of aliphatic hydroxyl groups excluding tert-OH is 2. The molecule has 0 spiro atoms. The van der Waals surface area contributed by atoms with Crippen molar-refractivity contribution in [3.8, 4) is 0 Å². The summed E-state index contributed by atoms with van der Waals surface area (Å²) >= 11 is 0. The number of aliphatic hydroxyl groups is 3. The van der Waals surface area contributed by atoms with Crippen LogP contribution in [-0.4, -0.2) is 33.1 Å². The molecular formula is C15H26O3. The smallest absolute Gasteiger partial charge is 0.0781 e. The van der Waals surface area contributed by atoms with Gasteiger partial charge in [-0.15, -0.1) is 0 Å². The van der Waals surface area contributed by atoms with Crippen molar-refractivity contribution in [2.75, 3.05) is 0 Å². The molecule has 104 valence electrons. The summed E-state index contributed by atoms with van der Waals surface area (Å²) in [4.78, 5) is 0. The molecule has 1 saturated carbocycles. The van der Waals surface area contributed by atoms with Crippen LogP contribution in [0.25, 0.3) is 0 Å². The molecule has 3 heteroatoms. The highest BCUT2D eigenvalue weighted by Crippen LogP contribution is 2.57. The zero-order valence-corrected chi connectivity index (χ0v) is 11.8. The minimum atomic E-state index is -0.867. The second kappa shape index (κ2) is 4.32. The Balaban J connectivity index is 2.46. The molecule has 2 rings (SSSR count). The van der Waals surface area contributed by atoms with Crippen LogP contribution in [0.4, 0.5) is 0 Å². The van der Waals surface area contributed by atoms with Gasteiger partial charge in [0.15, 0.2) is 0 Å². The molecule has 0 saturated heterocycles. The van der Waals surface area contributed by atoms with Crippen LogP contribution in [-0.2, 0) is 0 Å². The second-order valence-corrected chi connectivity index (χ2v) is 6.86. The van der Waals surface area contributed by atoms with E-state index in [1.54, 1.807) is 0 Å². The van der Waals surface area contributed by atoms with Gasteiger partial charge in [-0.1, -0.05) is 32.4 Å². The van der Waals surface area contributed by atoms with Crippen LogP contribution in [0.3, 0.4) is 0 Å². The molecule has 3 N–H and O–H groups in total. The summed E-state index contributed by atoms with van der Waals surface area (Å²) in [5.74, 6) is -0.168. The van der Waals surface area contributed by atoms with Crippen molar-refractivity contribution in [3.05, 3.63) is 11.6 Å². The summed E-state index contributed by atoms with van der Waals surface area (Å²) in [5.41, 5.74) is -0.277. The third-order valence-electron chi connectivity index (χ3n) is 5.35. The Morgan fingerprint density at radius 2 is 1.89 bits per heavy atom. The fourth-order valence-corrected chi connectivity index (χ4v) is 4.08. The zero-order valence-electron chi connectivity index (χ0n) is 11.8. The molecule has 2 aliphatic carbocycles. The van der Waals surface area contributed by atoms with Gasteiger partial charge in [0.1, 0.15) is 0 Å². The predicted octanol–water partition coefficient (Wildman–Crippen LogP) is 1.86. The van der Waals surface area contributed by atoms with Crippen molar-refractivity contribution in [2.24, 2.45) is 17.3 Å². The van der Waals surface area contributed by atoms with E-state index in [0.29, 0.717) is 12.8 Å². The van der Waals surface area contributed by atoms with E-state index in [1.807, 2.05) is 33.8 Å². The lowest BCUT2D eigenvalue weighted by Gasteiger charge is -2.43. The fraction of sp³-hybridized carbons (Fsp3) is 0.867. The second-order valence-electron chi connectivity index (χ2n) is 6.86. The van der Waals surface area contributed by atoms with Gasteiger partial charge in [-0.25, -0.2) is 0 Å². The minimum Gasteiger partial charge on any atom is -0.392 e. The predicted molar refractivity (Wildman–Crippen MR) is 71.0 cm³/mol. The van der Waals surface area contributed by atoms with Crippen molar-refractivity contribution < 1.29 is 15.3 Å². The Kier molecular flexibility index (Phi) is 3.37. The van der Waals surface area contributed by atoms with Gasteiger partial charge in [0, 0.05) is 11.3 Å². The molecule has 0 aliphatic heterocycles. The monoisotopic (exact) mass is 254 g/mol. The largest absolute Gasteiger partial charge is 0.392 e. The van der Waals surface area contributed by atoms with E-state index >= 15 is 0 Å². The molecule has 0 aromatic carbocycles. The van der Waals surface area contributed by atoms with Crippen molar-refractivity contribution in [1.29, 1.82) is 0 Å². The first-order valence-corrected chi connectivity index (χ1v) is 6.97. The van der Waals surface area contributed by atoms with Crippen LogP contribution in [0.5, 0.6) is 0 Å². The summed E-state index contributed by atoms with van der Waals surface area (Å²) in [7, 11) is 0. The lowest BCUT2D eigenvalue weighted by Crippen LogP contribution is -2.51. The van der Waals surface area contributed by atoms with Crippen LogP contribution in [0, 0.1) is 17.3 Å². The highest BCUT2D eigenvalue weighted by atomic mass is 16.3. The summed E-state index contributed by atoms with van der Waals surface area (Å²) in [6, 6.07) is 0. The Morgan fingerprint density at radius 3 is 2.44 bits per heavy atom. The van der Waals surface area contributed by atoms with Gasteiger partial charge in [-0.3, -0.25) is 0 Å². The molecule has 3 nitrogen and oxygen atoms in total. The quantitative estimate of drug-likeness (QED) is 0.626. The third kappa shape index (κ3) is 1.84. The van der Waals surface area contributed by atoms with E-state index < -0.39 is 23.2 Å². The zero-order chi connectivity index (χ0) is 13.7. The Morgan fingerprint density at radius 1 is 1.28 bits per heavy atom. The van der Waals surface area contributed by atoms with Gasteiger partial charge < -0.3 is 15.3 Å². The highest BCUT2D eigenvalue weighted by molar-refractivity contribution is 5.19. The standard InChI is InChI=1S/C15H26O3/c1-9(2)15(18)6-5-14(4)12(17)8-10(3)7-11(16)13(14)15/h8-9,11-13,16-18H,5-7H2,1-4H3. The van der Waals surface area contributed by atoms with Gasteiger partial charge in [-0.05, 0) is 32.1 Å². The van der Waals surface area contributed by atoms with Gasteiger partial charge in [0.05, 0.1) is 17.8 Å². The van der Waals surface area contributed by atoms with Crippen LogP contribution in [0.2, 0.25) is 0 Å². The normalized spacial score (nSPS) is 48.9. The lowest BCUT2D eigenvalue weighted by atomic mass is 9.67. The first kappa shape index (κ1) is 14.0. The molecule has 0 aromatic heterocycles. The van der Waals surface area contributed by atoms with Gasteiger partial charge in [-0.2, -0.15) is 0 Å². The summed E-state index contributed by atoms with van der Waals surface area (Å²) < 4.78 is 0. The lowest BCUT2D eigenvalue weighted by molar-refractivity contribution is -0.124. The fourth-order valence-electron chi connectivity index (χ4n) is 4.08. The Labute approximate surface area is 110 Å². The summed E-state index contributed by atoms with van der Waals surface area (Å²) in [6.45, 7) is 7.93. The molecule has 0 heterocycles. The van der Waals surface area contributed by atoms with Crippen molar-refractivity contribution >= 4 is 0 Å². The maximum Gasteiger partial charge on any atom is 0.0781 e. The molecule has 18 heavy (non-hydrogen) atoms. The molecule has 5 unspecified atom stereocenters. The highest BCUT2D eigenvalue weighted by Gasteiger charge is 2.60. The molecule has 0 radical (unpaired) electrons. The van der Waals surface area contributed by atoms with E-state index in [2.05, 4.69) is 0 Å². The summed E-state index contributed by atoms with van der Waals surface area (Å²) in [5, 5.41) is 31.8. The Bertz CT molecular complexity index is 363. The first-order chi connectivity index (χ1) is 8.21. The van der Waals surface area contributed by atoms with Crippen LogP contribution >= 0.6 is 0 Å². The van der Waals surface area contributed by atoms with Crippen LogP contribution < -0.4 is 0 Å². The molecule has 1 fully saturated rings. The van der Waals surface area contributed by atoms with E-state index in [0.717, 1.165) is 12.0 Å². The summed E-state index contributed by atoms with van der Waals surface area (Å²) in [6.07, 6.45) is 2.67.